The zero-order valence-corrected chi connectivity index (χ0v) is 14.1. The van der Waals surface area contributed by atoms with Crippen LogP contribution in [0.25, 0.3) is 0 Å². The molecule has 2 aromatic carbocycles. The first-order chi connectivity index (χ1) is 12.1. The van der Waals surface area contributed by atoms with Crippen molar-refractivity contribution < 1.29 is 19.4 Å². The number of carbonyl (C=O) groups is 2. The van der Waals surface area contributed by atoms with Gasteiger partial charge in [0.2, 0.25) is 5.91 Å². The van der Waals surface area contributed by atoms with Gasteiger partial charge >= 0.3 is 5.97 Å². The second-order valence-electron chi connectivity index (χ2n) is 6.26. The van der Waals surface area contributed by atoms with E-state index in [1.165, 1.54) is 30.4 Å². The largest absolute Gasteiger partial charge is 0.495 e. The first-order valence-corrected chi connectivity index (χ1v) is 8.37. The number of nitrogens with one attached hydrogen (secondary N) is 1. The Morgan fingerprint density at radius 1 is 1.24 bits per heavy atom. The molecule has 0 saturated carbocycles. The average Bonchev–Trinajstić information content (AvgIpc) is 2.62. The number of rotatable bonds is 5. The fourth-order valence-corrected chi connectivity index (χ4v) is 3.42. The van der Waals surface area contributed by atoms with E-state index >= 15 is 0 Å². The van der Waals surface area contributed by atoms with Gasteiger partial charge in [-0.2, -0.15) is 0 Å². The topological polar surface area (TPSA) is 75.6 Å². The van der Waals surface area contributed by atoms with E-state index in [2.05, 4.69) is 17.4 Å². The molecule has 0 bridgehead atoms. The number of amides is 1. The first-order valence-electron chi connectivity index (χ1n) is 8.37. The van der Waals surface area contributed by atoms with Crippen LogP contribution in [0.2, 0.25) is 0 Å². The highest BCUT2D eigenvalue weighted by Crippen LogP contribution is 2.34. The number of benzene rings is 2. The van der Waals surface area contributed by atoms with Crippen LogP contribution in [0, 0.1) is 0 Å². The maximum atomic E-state index is 12.5. The Bertz CT molecular complexity index is 800. The summed E-state index contributed by atoms with van der Waals surface area (Å²) in [6.07, 6.45) is 3.56. The summed E-state index contributed by atoms with van der Waals surface area (Å²) in [4.78, 5) is 23.5. The van der Waals surface area contributed by atoms with Crippen LogP contribution >= 0.6 is 0 Å². The van der Waals surface area contributed by atoms with Gasteiger partial charge in [0, 0.05) is 6.42 Å². The van der Waals surface area contributed by atoms with Crippen LogP contribution in [0.15, 0.2) is 42.5 Å². The Hall–Kier alpha value is -2.82. The quantitative estimate of drug-likeness (QED) is 0.868. The van der Waals surface area contributed by atoms with Crippen LogP contribution in [-0.2, 0) is 11.2 Å². The molecule has 0 heterocycles. The van der Waals surface area contributed by atoms with E-state index < -0.39 is 5.97 Å². The van der Waals surface area contributed by atoms with Gasteiger partial charge in [0.05, 0.1) is 18.4 Å². The van der Waals surface area contributed by atoms with E-state index in [0.717, 1.165) is 19.3 Å². The van der Waals surface area contributed by atoms with E-state index in [1.54, 1.807) is 6.07 Å². The highest BCUT2D eigenvalue weighted by Gasteiger charge is 2.22. The normalized spacial score (nSPS) is 16.0. The molecule has 0 aliphatic heterocycles. The summed E-state index contributed by atoms with van der Waals surface area (Å²) in [7, 11) is 1.45. The molecular weight excluding hydrogens is 318 g/mol. The molecule has 25 heavy (non-hydrogen) atoms. The summed E-state index contributed by atoms with van der Waals surface area (Å²) in [5.41, 5.74) is 3.20. The third-order valence-corrected chi connectivity index (χ3v) is 4.65. The Morgan fingerprint density at radius 3 is 2.80 bits per heavy atom. The van der Waals surface area contributed by atoms with Gasteiger partial charge in [-0.3, -0.25) is 4.79 Å². The molecule has 3 rings (SSSR count). The number of carbonyl (C=O) groups excluding carboxylic acids is 1. The number of methoxy groups -OCH3 is 1. The fraction of sp³-hybridized carbons (Fsp3) is 0.300. The van der Waals surface area contributed by atoms with Crippen molar-refractivity contribution in [3.05, 3.63) is 59.2 Å². The third-order valence-electron chi connectivity index (χ3n) is 4.65. The molecule has 0 fully saturated rings. The molecule has 5 heteroatoms. The molecular formula is C20H21NO4. The maximum Gasteiger partial charge on any atom is 0.335 e. The molecule has 0 aromatic heterocycles. The van der Waals surface area contributed by atoms with Crippen LogP contribution in [0.3, 0.4) is 0 Å². The second-order valence-corrected chi connectivity index (χ2v) is 6.26. The lowest BCUT2D eigenvalue weighted by molar-refractivity contribution is -0.116. The number of carboxylic acids is 1. The van der Waals surface area contributed by atoms with Gasteiger partial charge in [-0.15, -0.1) is 0 Å². The van der Waals surface area contributed by atoms with E-state index in [1.807, 2.05) is 12.1 Å². The van der Waals surface area contributed by atoms with Crippen LogP contribution in [0.4, 0.5) is 5.69 Å². The Kier molecular flexibility index (Phi) is 5.03. The van der Waals surface area contributed by atoms with Gasteiger partial charge in [-0.25, -0.2) is 4.79 Å². The van der Waals surface area contributed by atoms with E-state index in [-0.39, 0.29) is 17.4 Å². The molecule has 0 saturated heterocycles. The minimum atomic E-state index is -1.03. The highest BCUT2D eigenvalue weighted by molar-refractivity contribution is 5.95. The molecule has 2 N–H and O–H groups in total. The molecule has 5 nitrogen and oxygen atoms in total. The van der Waals surface area contributed by atoms with Crippen molar-refractivity contribution in [1.29, 1.82) is 0 Å². The molecule has 130 valence electrons. The van der Waals surface area contributed by atoms with Gasteiger partial charge in [-0.05, 0) is 54.5 Å². The predicted molar refractivity (Wildman–Crippen MR) is 95.3 cm³/mol. The van der Waals surface area contributed by atoms with Gasteiger partial charge in [0.15, 0.2) is 0 Å². The molecule has 1 aliphatic rings. The highest BCUT2D eigenvalue weighted by atomic mass is 16.5. The average molecular weight is 339 g/mol. The molecule has 1 unspecified atom stereocenters. The third kappa shape index (κ3) is 3.82. The number of ether oxygens (including phenoxy) is 1. The monoisotopic (exact) mass is 339 g/mol. The zero-order valence-electron chi connectivity index (χ0n) is 14.1. The van der Waals surface area contributed by atoms with Crippen molar-refractivity contribution in [3.63, 3.8) is 0 Å². The SMILES string of the molecule is COc1cc(C(=O)O)ccc1NC(=O)CC1CCCc2ccccc21. The summed E-state index contributed by atoms with van der Waals surface area (Å²) in [5, 5.41) is 11.9. The van der Waals surface area contributed by atoms with Crippen molar-refractivity contribution in [2.75, 3.05) is 12.4 Å². The molecule has 0 spiro atoms. The van der Waals surface area contributed by atoms with Crippen LogP contribution < -0.4 is 10.1 Å². The van der Waals surface area contributed by atoms with Crippen molar-refractivity contribution in [2.24, 2.45) is 0 Å². The van der Waals surface area contributed by atoms with Crippen LogP contribution in [-0.4, -0.2) is 24.1 Å². The lowest BCUT2D eigenvalue weighted by Gasteiger charge is -2.25. The number of anilines is 1. The molecule has 1 amide bonds. The summed E-state index contributed by atoms with van der Waals surface area (Å²) in [6.45, 7) is 0. The molecule has 1 atom stereocenters. The number of fused-ring (bicyclic) bond motifs is 1. The van der Waals surface area contributed by atoms with Crippen molar-refractivity contribution >= 4 is 17.6 Å². The minimum Gasteiger partial charge on any atom is -0.495 e. The van der Waals surface area contributed by atoms with Crippen molar-refractivity contribution in [3.8, 4) is 5.75 Å². The number of aryl methyl sites for hydroxylation is 1. The standard InChI is InChI=1S/C20H21NO4/c1-25-18-11-15(20(23)24)9-10-17(18)21-19(22)12-14-7-4-6-13-5-2-3-8-16(13)14/h2-3,5,8-11,14H,4,6-7,12H2,1H3,(H,21,22)(H,23,24). The van der Waals surface area contributed by atoms with Crippen LogP contribution in [0.1, 0.15) is 46.7 Å². The molecule has 0 radical (unpaired) electrons. The lowest BCUT2D eigenvalue weighted by atomic mass is 9.81. The number of aromatic carboxylic acids is 1. The smallest absolute Gasteiger partial charge is 0.335 e. The van der Waals surface area contributed by atoms with E-state index in [0.29, 0.717) is 17.9 Å². The summed E-state index contributed by atoms with van der Waals surface area (Å²) < 4.78 is 5.21. The predicted octanol–water partition coefficient (Wildman–Crippen LogP) is 3.84. The Balaban J connectivity index is 1.72. The van der Waals surface area contributed by atoms with E-state index in [9.17, 15) is 9.59 Å². The maximum absolute atomic E-state index is 12.5. The first kappa shape index (κ1) is 17.0. The van der Waals surface area contributed by atoms with Crippen LogP contribution in [0.5, 0.6) is 5.75 Å². The second kappa shape index (κ2) is 7.38. The van der Waals surface area contributed by atoms with Gasteiger partial charge in [0.1, 0.15) is 5.75 Å². The Labute approximate surface area is 146 Å². The fourth-order valence-electron chi connectivity index (χ4n) is 3.42. The summed E-state index contributed by atoms with van der Waals surface area (Å²) >= 11 is 0. The lowest BCUT2D eigenvalue weighted by Crippen LogP contribution is -2.19. The number of hydrogen-bond acceptors (Lipinski definition) is 3. The molecule has 2 aromatic rings. The number of hydrogen-bond donors (Lipinski definition) is 2. The number of carboxylic acid groups (broad SMARTS) is 1. The van der Waals surface area contributed by atoms with Gasteiger partial charge in [0.25, 0.3) is 0 Å². The zero-order chi connectivity index (χ0) is 17.8. The van der Waals surface area contributed by atoms with Crippen molar-refractivity contribution in [2.45, 2.75) is 31.6 Å². The van der Waals surface area contributed by atoms with Gasteiger partial charge in [-0.1, -0.05) is 24.3 Å². The Morgan fingerprint density at radius 2 is 2.04 bits per heavy atom. The molecule has 1 aliphatic carbocycles. The van der Waals surface area contributed by atoms with Gasteiger partial charge < -0.3 is 15.2 Å². The summed E-state index contributed by atoms with van der Waals surface area (Å²) in [5.74, 6) is -0.565. The van der Waals surface area contributed by atoms with Crippen molar-refractivity contribution in [1.82, 2.24) is 0 Å². The van der Waals surface area contributed by atoms with E-state index in [4.69, 9.17) is 9.84 Å². The minimum absolute atomic E-state index is 0.0944. The summed E-state index contributed by atoms with van der Waals surface area (Å²) in [6, 6.07) is 12.7.